The van der Waals surface area contributed by atoms with Crippen molar-refractivity contribution in [3.8, 4) is 6.07 Å². The molecule has 0 heterocycles. The molecule has 0 amide bonds. The molecular weight excluding hydrogens is 102 g/mol. The summed E-state index contributed by atoms with van der Waals surface area (Å²) in [5.41, 5.74) is 0. The molecule has 8 heavy (non-hydrogen) atoms. The molecule has 0 saturated heterocycles. The van der Waals surface area contributed by atoms with Crippen molar-refractivity contribution in [1.82, 2.24) is 0 Å². The summed E-state index contributed by atoms with van der Waals surface area (Å²) in [6, 6.07) is 1.77. The predicted octanol–water partition coefficient (Wildman–Crippen LogP) is 1.08. The van der Waals surface area contributed by atoms with Gasteiger partial charge in [-0.1, -0.05) is 6.08 Å². The minimum atomic E-state index is -0.0174. The van der Waals surface area contributed by atoms with Crippen molar-refractivity contribution in [1.29, 1.82) is 5.26 Å². The standard InChI is InChI=1S/C3H5NO.C3H6/c4-2-1-3-5;1-3-2/h5H,1,3H2;3H,1H2,2H3. The van der Waals surface area contributed by atoms with Crippen molar-refractivity contribution in [2.24, 2.45) is 0 Å². The SMILES string of the molecule is C=CC.N#CCCO. The van der Waals surface area contributed by atoms with Crippen LogP contribution in [0.3, 0.4) is 0 Å². The number of allylic oxidation sites excluding steroid dienone is 1. The summed E-state index contributed by atoms with van der Waals surface area (Å²) in [7, 11) is 0. The molecule has 2 heteroatoms. The lowest BCUT2D eigenvalue weighted by molar-refractivity contribution is 0.304. The molecule has 0 atom stereocenters. The van der Waals surface area contributed by atoms with Crippen LogP contribution in [-0.4, -0.2) is 11.7 Å². The van der Waals surface area contributed by atoms with E-state index in [0.717, 1.165) is 0 Å². The van der Waals surface area contributed by atoms with Crippen LogP contribution in [0.25, 0.3) is 0 Å². The number of nitrogens with zero attached hydrogens (tertiary/aromatic N) is 1. The lowest BCUT2D eigenvalue weighted by atomic mass is 10.5. The fourth-order valence-electron chi connectivity index (χ4n) is 0.0500. The van der Waals surface area contributed by atoms with E-state index >= 15 is 0 Å². The van der Waals surface area contributed by atoms with E-state index in [1.54, 1.807) is 12.1 Å². The summed E-state index contributed by atoms with van der Waals surface area (Å²) in [6.45, 7) is 5.23. The molecule has 0 rings (SSSR count). The molecule has 0 saturated carbocycles. The zero-order chi connectivity index (χ0) is 6.83. The van der Waals surface area contributed by atoms with Crippen LogP contribution in [0.15, 0.2) is 12.7 Å². The summed E-state index contributed by atoms with van der Waals surface area (Å²) in [6.07, 6.45) is 2.00. The summed E-state index contributed by atoms with van der Waals surface area (Å²) in [4.78, 5) is 0. The Bertz CT molecular complexity index is 73.1. The Kier molecular flexibility index (Phi) is 20.9. The largest absolute Gasteiger partial charge is 0.395 e. The average Bonchev–Trinajstić information content (AvgIpc) is 1.71. The van der Waals surface area contributed by atoms with Gasteiger partial charge in [0.2, 0.25) is 0 Å². The second-order valence-corrected chi connectivity index (χ2v) is 1.04. The number of hydrogen-bond acceptors (Lipinski definition) is 2. The Balaban J connectivity index is 0. The number of hydrogen-bond donors (Lipinski definition) is 1. The maximum atomic E-state index is 7.84. The molecule has 0 aromatic rings. The van der Waals surface area contributed by atoms with Gasteiger partial charge in [-0.05, 0) is 6.92 Å². The highest BCUT2D eigenvalue weighted by Crippen LogP contribution is 1.62. The van der Waals surface area contributed by atoms with Crippen molar-refractivity contribution in [3.05, 3.63) is 12.7 Å². The first-order chi connectivity index (χ1) is 3.83. The molecular formula is C6H11NO. The topological polar surface area (TPSA) is 44.0 Å². The molecule has 0 aliphatic heterocycles. The zero-order valence-corrected chi connectivity index (χ0v) is 5.09. The smallest absolute Gasteiger partial charge is 0.0645 e. The van der Waals surface area contributed by atoms with Crippen LogP contribution in [0, 0.1) is 11.3 Å². The molecule has 0 aliphatic rings. The van der Waals surface area contributed by atoms with Gasteiger partial charge in [-0.15, -0.1) is 6.58 Å². The fourth-order valence-corrected chi connectivity index (χ4v) is 0.0500. The quantitative estimate of drug-likeness (QED) is 0.517. The van der Waals surface area contributed by atoms with E-state index in [2.05, 4.69) is 6.58 Å². The highest BCUT2D eigenvalue weighted by molar-refractivity contribution is 4.65. The van der Waals surface area contributed by atoms with E-state index in [1.165, 1.54) is 0 Å². The minimum Gasteiger partial charge on any atom is -0.395 e. The molecule has 0 radical (unpaired) electrons. The Morgan fingerprint density at radius 3 is 2.25 bits per heavy atom. The third-order valence-corrected chi connectivity index (χ3v) is 0.224. The first kappa shape index (κ1) is 10.2. The van der Waals surface area contributed by atoms with Crippen molar-refractivity contribution < 1.29 is 5.11 Å². The normalized spacial score (nSPS) is 5.62. The van der Waals surface area contributed by atoms with Crippen LogP contribution in [0.4, 0.5) is 0 Å². The third kappa shape index (κ3) is 64.3. The molecule has 0 bridgehead atoms. The Morgan fingerprint density at radius 2 is 2.25 bits per heavy atom. The lowest BCUT2D eigenvalue weighted by Gasteiger charge is -1.67. The van der Waals surface area contributed by atoms with Crippen LogP contribution < -0.4 is 0 Å². The third-order valence-electron chi connectivity index (χ3n) is 0.224. The molecule has 0 aromatic carbocycles. The van der Waals surface area contributed by atoms with Crippen LogP contribution in [-0.2, 0) is 0 Å². The van der Waals surface area contributed by atoms with Crippen LogP contribution in [0.2, 0.25) is 0 Å². The second kappa shape index (κ2) is 16.4. The number of rotatable bonds is 1. The van der Waals surface area contributed by atoms with Gasteiger partial charge in [0.15, 0.2) is 0 Å². The van der Waals surface area contributed by atoms with E-state index in [9.17, 15) is 0 Å². The van der Waals surface area contributed by atoms with Crippen molar-refractivity contribution >= 4 is 0 Å². The van der Waals surface area contributed by atoms with E-state index in [4.69, 9.17) is 10.4 Å². The monoisotopic (exact) mass is 113 g/mol. The second-order valence-electron chi connectivity index (χ2n) is 1.04. The van der Waals surface area contributed by atoms with Gasteiger partial charge in [0.1, 0.15) is 0 Å². The van der Waals surface area contributed by atoms with Gasteiger partial charge in [0, 0.05) is 0 Å². The Labute approximate surface area is 50.1 Å². The van der Waals surface area contributed by atoms with Crippen molar-refractivity contribution in [2.75, 3.05) is 6.61 Å². The summed E-state index contributed by atoms with van der Waals surface area (Å²) < 4.78 is 0. The molecule has 0 aliphatic carbocycles. The van der Waals surface area contributed by atoms with Gasteiger partial charge in [0.05, 0.1) is 19.1 Å². The maximum Gasteiger partial charge on any atom is 0.0645 e. The van der Waals surface area contributed by atoms with E-state index < -0.39 is 0 Å². The number of aliphatic hydroxyl groups excluding tert-OH is 1. The molecule has 0 fully saturated rings. The molecule has 0 spiro atoms. The summed E-state index contributed by atoms with van der Waals surface area (Å²) in [5.74, 6) is 0. The Hall–Kier alpha value is -0.810. The highest BCUT2D eigenvalue weighted by atomic mass is 16.2. The maximum absolute atomic E-state index is 7.84. The van der Waals surface area contributed by atoms with E-state index in [0.29, 0.717) is 0 Å². The minimum absolute atomic E-state index is 0.0174. The first-order valence-corrected chi connectivity index (χ1v) is 2.38. The van der Waals surface area contributed by atoms with Gasteiger partial charge in [-0.25, -0.2) is 0 Å². The van der Waals surface area contributed by atoms with Gasteiger partial charge in [-0.3, -0.25) is 0 Å². The van der Waals surface area contributed by atoms with Crippen LogP contribution in [0.5, 0.6) is 0 Å². The van der Waals surface area contributed by atoms with Gasteiger partial charge >= 0.3 is 0 Å². The van der Waals surface area contributed by atoms with Gasteiger partial charge in [-0.2, -0.15) is 5.26 Å². The summed E-state index contributed by atoms with van der Waals surface area (Å²) in [5, 5.41) is 15.5. The van der Waals surface area contributed by atoms with Gasteiger partial charge < -0.3 is 5.11 Å². The molecule has 1 N–H and O–H groups in total. The van der Waals surface area contributed by atoms with E-state index in [1.807, 2.05) is 6.92 Å². The molecule has 2 nitrogen and oxygen atoms in total. The van der Waals surface area contributed by atoms with Crippen molar-refractivity contribution in [2.45, 2.75) is 13.3 Å². The molecule has 0 unspecified atom stereocenters. The molecule has 46 valence electrons. The van der Waals surface area contributed by atoms with Gasteiger partial charge in [0.25, 0.3) is 0 Å². The lowest BCUT2D eigenvalue weighted by Crippen LogP contribution is -1.72. The average molecular weight is 113 g/mol. The highest BCUT2D eigenvalue weighted by Gasteiger charge is 1.66. The number of aliphatic hydroxyl groups is 1. The van der Waals surface area contributed by atoms with Crippen LogP contribution in [0.1, 0.15) is 13.3 Å². The summed E-state index contributed by atoms with van der Waals surface area (Å²) >= 11 is 0. The first-order valence-electron chi connectivity index (χ1n) is 2.38. The zero-order valence-electron chi connectivity index (χ0n) is 5.09. The predicted molar refractivity (Wildman–Crippen MR) is 33.2 cm³/mol. The molecule has 0 aromatic heterocycles. The Morgan fingerprint density at radius 1 is 1.88 bits per heavy atom. The van der Waals surface area contributed by atoms with Crippen LogP contribution >= 0.6 is 0 Å². The van der Waals surface area contributed by atoms with E-state index in [-0.39, 0.29) is 13.0 Å². The fraction of sp³-hybridized carbons (Fsp3) is 0.500. The van der Waals surface area contributed by atoms with Crippen molar-refractivity contribution in [3.63, 3.8) is 0 Å². The number of nitriles is 1.